The summed E-state index contributed by atoms with van der Waals surface area (Å²) in [7, 11) is 0. The van der Waals surface area contributed by atoms with Gasteiger partial charge in [0.25, 0.3) is 0 Å². The molecular formula is C15H15ClOS. The quantitative estimate of drug-likeness (QED) is 0.854. The molecule has 1 N–H and O–H groups in total. The molecule has 0 aliphatic heterocycles. The smallest absolute Gasteiger partial charge is 0.0859 e. The zero-order valence-corrected chi connectivity index (χ0v) is 11.5. The molecule has 1 aliphatic carbocycles. The lowest BCUT2D eigenvalue weighted by Crippen LogP contribution is -2.15. The number of benzene rings is 1. The zero-order chi connectivity index (χ0) is 12.5. The zero-order valence-electron chi connectivity index (χ0n) is 9.97. The molecule has 0 saturated carbocycles. The molecule has 1 aromatic heterocycles. The average Bonchev–Trinajstić information content (AvgIpc) is 2.86. The van der Waals surface area contributed by atoms with Crippen LogP contribution in [0.1, 0.15) is 40.9 Å². The van der Waals surface area contributed by atoms with Crippen LogP contribution in [0.3, 0.4) is 0 Å². The summed E-state index contributed by atoms with van der Waals surface area (Å²) < 4.78 is 0. The molecule has 0 spiro atoms. The topological polar surface area (TPSA) is 20.2 Å². The number of aryl methyl sites for hydroxylation is 1. The average molecular weight is 279 g/mol. The third kappa shape index (κ3) is 2.20. The molecule has 0 fully saturated rings. The largest absolute Gasteiger partial charge is 0.388 e. The van der Waals surface area contributed by atoms with Crippen LogP contribution in [0.15, 0.2) is 35.7 Å². The van der Waals surface area contributed by atoms with Gasteiger partial charge < -0.3 is 5.11 Å². The molecule has 0 radical (unpaired) electrons. The van der Waals surface area contributed by atoms with Crippen LogP contribution in [0.25, 0.3) is 0 Å². The molecule has 3 rings (SSSR count). The number of hydrogen-bond donors (Lipinski definition) is 1. The number of aliphatic hydroxyl groups excluding tert-OH is 1. The maximum atomic E-state index is 10.6. The molecule has 2 atom stereocenters. The summed E-state index contributed by atoms with van der Waals surface area (Å²) in [5.41, 5.74) is 2.25. The van der Waals surface area contributed by atoms with Gasteiger partial charge in [0.05, 0.1) is 6.10 Å². The highest BCUT2D eigenvalue weighted by atomic mass is 35.5. The van der Waals surface area contributed by atoms with Gasteiger partial charge in [-0.15, -0.1) is 11.3 Å². The van der Waals surface area contributed by atoms with Crippen molar-refractivity contribution in [1.82, 2.24) is 0 Å². The second-order valence-corrected chi connectivity index (χ2v) is 6.23. The highest BCUT2D eigenvalue weighted by molar-refractivity contribution is 7.10. The molecule has 1 aliphatic rings. The standard InChI is InChI=1S/C15H15ClOS/c16-11-4-1-3-10(9-11)15(17)13-5-2-6-14-12(13)7-8-18-14/h1,3-4,7-9,13,15,17H,2,5-6H2. The van der Waals surface area contributed by atoms with E-state index in [-0.39, 0.29) is 5.92 Å². The van der Waals surface area contributed by atoms with Gasteiger partial charge in [-0.3, -0.25) is 0 Å². The van der Waals surface area contributed by atoms with E-state index in [1.807, 2.05) is 35.6 Å². The highest BCUT2D eigenvalue weighted by Crippen LogP contribution is 2.42. The minimum Gasteiger partial charge on any atom is -0.388 e. The second kappa shape index (κ2) is 5.04. The SMILES string of the molecule is OC(c1cccc(Cl)c1)C1CCCc2sccc21. The first-order chi connectivity index (χ1) is 8.75. The molecule has 3 heteroatoms. The fourth-order valence-electron chi connectivity index (χ4n) is 2.77. The number of rotatable bonds is 2. The Morgan fingerprint density at radius 2 is 2.22 bits per heavy atom. The van der Waals surface area contributed by atoms with Crippen molar-refractivity contribution in [2.45, 2.75) is 31.3 Å². The van der Waals surface area contributed by atoms with Crippen LogP contribution < -0.4 is 0 Å². The van der Waals surface area contributed by atoms with Crippen molar-refractivity contribution in [2.24, 2.45) is 0 Å². The van der Waals surface area contributed by atoms with Crippen molar-refractivity contribution in [3.8, 4) is 0 Å². The van der Waals surface area contributed by atoms with Gasteiger partial charge in [-0.05, 0) is 54.0 Å². The monoisotopic (exact) mass is 278 g/mol. The summed E-state index contributed by atoms with van der Waals surface area (Å²) in [6, 6.07) is 9.73. The Morgan fingerprint density at radius 1 is 1.33 bits per heavy atom. The summed E-state index contributed by atoms with van der Waals surface area (Å²) in [6.45, 7) is 0. The normalized spacial score (nSPS) is 20.4. The van der Waals surface area contributed by atoms with E-state index < -0.39 is 6.10 Å². The molecule has 18 heavy (non-hydrogen) atoms. The van der Waals surface area contributed by atoms with Gasteiger partial charge in [0.2, 0.25) is 0 Å². The summed E-state index contributed by atoms with van der Waals surface area (Å²) in [5.74, 6) is 0.221. The summed E-state index contributed by atoms with van der Waals surface area (Å²) in [6.07, 6.45) is 2.93. The lowest BCUT2D eigenvalue weighted by atomic mass is 9.81. The number of fused-ring (bicyclic) bond motifs is 1. The van der Waals surface area contributed by atoms with Gasteiger partial charge in [0.15, 0.2) is 0 Å². The van der Waals surface area contributed by atoms with Gasteiger partial charge in [-0.25, -0.2) is 0 Å². The van der Waals surface area contributed by atoms with Crippen LogP contribution in [-0.2, 0) is 6.42 Å². The first kappa shape index (κ1) is 12.2. The number of halogens is 1. The second-order valence-electron chi connectivity index (χ2n) is 4.80. The predicted molar refractivity (Wildman–Crippen MR) is 76.4 cm³/mol. The van der Waals surface area contributed by atoms with Gasteiger partial charge in [0, 0.05) is 15.8 Å². The third-order valence-electron chi connectivity index (χ3n) is 3.67. The van der Waals surface area contributed by atoms with E-state index in [0.717, 1.165) is 24.8 Å². The summed E-state index contributed by atoms with van der Waals surface area (Å²) in [5, 5.41) is 13.4. The van der Waals surface area contributed by atoms with Gasteiger partial charge in [-0.2, -0.15) is 0 Å². The van der Waals surface area contributed by atoms with Crippen LogP contribution in [0, 0.1) is 0 Å². The Labute approximate surface area is 116 Å². The Kier molecular flexibility index (Phi) is 3.42. The Hall–Kier alpha value is -0.830. The summed E-state index contributed by atoms with van der Waals surface area (Å²) in [4.78, 5) is 1.44. The van der Waals surface area contributed by atoms with Crippen LogP contribution in [-0.4, -0.2) is 5.11 Å². The van der Waals surface area contributed by atoms with Crippen molar-refractivity contribution < 1.29 is 5.11 Å². The van der Waals surface area contributed by atoms with Crippen molar-refractivity contribution in [3.63, 3.8) is 0 Å². The number of thiophene rings is 1. The van der Waals surface area contributed by atoms with Crippen LogP contribution in [0.5, 0.6) is 0 Å². The molecule has 1 aromatic carbocycles. The molecule has 1 nitrogen and oxygen atoms in total. The Bertz CT molecular complexity index is 549. The maximum absolute atomic E-state index is 10.6. The molecular weight excluding hydrogens is 264 g/mol. The van der Waals surface area contributed by atoms with E-state index in [2.05, 4.69) is 11.4 Å². The minimum absolute atomic E-state index is 0.221. The Balaban J connectivity index is 1.93. The lowest BCUT2D eigenvalue weighted by molar-refractivity contribution is 0.136. The molecule has 0 amide bonds. The van der Waals surface area contributed by atoms with E-state index in [1.165, 1.54) is 10.4 Å². The molecule has 1 heterocycles. The predicted octanol–water partition coefficient (Wildman–Crippen LogP) is 4.56. The maximum Gasteiger partial charge on any atom is 0.0859 e. The third-order valence-corrected chi connectivity index (χ3v) is 4.90. The fraction of sp³-hybridized carbons (Fsp3) is 0.333. The van der Waals surface area contributed by atoms with E-state index in [1.54, 1.807) is 0 Å². The van der Waals surface area contributed by atoms with E-state index in [4.69, 9.17) is 11.6 Å². The number of aliphatic hydroxyl groups is 1. The van der Waals surface area contributed by atoms with Crippen molar-refractivity contribution in [3.05, 3.63) is 56.7 Å². The molecule has 94 valence electrons. The summed E-state index contributed by atoms with van der Waals surface area (Å²) >= 11 is 7.81. The van der Waals surface area contributed by atoms with Crippen LogP contribution in [0.4, 0.5) is 0 Å². The molecule has 0 bridgehead atoms. The minimum atomic E-state index is -0.447. The van der Waals surface area contributed by atoms with Gasteiger partial charge >= 0.3 is 0 Å². The Morgan fingerprint density at radius 3 is 3.06 bits per heavy atom. The van der Waals surface area contributed by atoms with Gasteiger partial charge in [-0.1, -0.05) is 23.7 Å². The highest BCUT2D eigenvalue weighted by Gasteiger charge is 2.28. The van der Waals surface area contributed by atoms with E-state index in [9.17, 15) is 5.11 Å². The van der Waals surface area contributed by atoms with Gasteiger partial charge in [0.1, 0.15) is 0 Å². The molecule has 2 aromatic rings. The first-order valence-electron chi connectivity index (χ1n) is 6.25. The van der Waals surface area contributed by atoms with Crippen molar-refractivity contribution in [2.75, 3.05) is 0 Å². The first-order valence-corrected chi connectivity index (χ1v) is 7.51. The van der Waals surface area contributed by atoms with Crippen LogP contribution in [0.2, 0.25) is 5.02 Å². The van der Waals surface area contributed by atoms with E-state index >= 15 is 0 Å². The lowest BCUT2D eigenvalue weighted by Gasteiger charge is -2.27. The number of hydrogen-bond acceptors (Lipinski definition) is 2. The van der Waals surface area contributed by atoms with E-state index in [0.29, 0.717) is 5.02 Å². The molecule has 2 unspecified atom stereocenters. The molecule has 0 saturated heterocycles. The fourth-order valence-corrected chi connectivity index (χ4v) is 3.97. The van der Waals surface area contributed by atoms with Crippen molar-refractivity contribution in [1.29, 1.82) is 0 Å². The van der Waals surface area contributed by atoms with Crippen molar-refractivity contribution >= 4 is 22.9 Å². The van der Waals surface area contributed by atoms with Crippen LogP contribution >= 0.6 is 22.9 Å².